The average Bonchev–Trinajstić information content (AvgIpc) is 3.04. The minimum atomic E-state index is 0.0127. The van der Waals surface area contributed by atoms with Crippen molar-refractivity contribution >= 4 is 5.91 Å². The summed E-state index contributed by atoms with van der Waals surface area (Å²) in [4.78, 5) is 14.7. The average molecular weight is 280 g/mol. The molecule has 3 nitrogen and oxygen atoms in total. The molecule has 0 aromatic rings. The lowest BCUT2D eigenvalue weighted by atomic mass is 10.0. The van der Waals surface area contributed by atoms with Gasteiger partial charge in [-0.2, -0.15) is 0 Å². The summed E-state index contributed by atoms with van der Waals surface area (Å²) in [7, 11) is 0. The highest BCUT2D eigenvalue weighted by Gasteiger charge is 2.42. The van der Waals surface area contributed by atoms with Crippen molar-refractivity contribution in [2.75, 3.05) is 0 Å². The Labute approximate surface area is 124 Å². The Balaban J connectivity index is 1.92. The summed E-state index contributed by atoms with van der Waals surface area (Å²) >= 11 is 0. The van der Waals surface area contributed by atoms with Crippen LogP contribution in [0.3, 0.4) is 0 Å². The maximum atomic E-state index is 12.5. The first kappa shape index (κ1) is 15.8. The molecule has 1 aliphatic carbocycles. The molecule has 0 bridgehead atoms. The lowest BCUT2D eigenvalue weighted by Gasteiger charge is -2.34. The first-order valence-electron chi connectivity index (χ1n) is 8.73. The zero-order valence-electron chi connectivity index (χ0n) is 13.5. The molecule has 1 amide bonds. The molecule has 116 valence electrons. The second kappa shape index (κ2) is 7.44. The Morgan fingerprint density at radius 1 is 1.25 bits per heavy atom. The van der Waals surface area contributed by atoms with Gasteiger partial charge in [0.25, 0.3) is 0 Å². The van der Waals surface area contributed by atoms with E-state index in [-0.39, 0.29) is 6.04 Å². The molecular formula is C17H32N2O. The van der Waals surface area contributed by atoms with Gasteiger partial charge in [0.05, 0.1) is 12.2 Å². The van der Waals surface area contributed by atoms with Crippen molar-refractivity contribution in [2.24, 2.45) is 5.92 Å². The van der Waals surface area contributed by atoms with Gasteiger partial charge in [-0.1, -0.05) is 45.4 Å². The van der Waals surface area contributed by atoms with Gasteiger partial charge in [-0.05, 0) is 39.0 Å². The quantitative estimate of drug-likeness (QED) is 0.721. The molecule has 0 spiro atoms. The van der Waals surface area contributed by atoms with Crippen LogP contribution in [0.1, 0.15) is 78.6 Å². The number of unbranched alkanes of at least 4 members (excludes halogenated alkanes) is 3. The van der Waals surface area contributed by atoms with Crippen LogP contribution in [-0.2, 0) is 4.79 Å². The minimum Gasteiger partial charge on any atom is -0.323 e. The highest BCUT2D eigenvalue weighted by atomic mass is 16.2. The Morgan fingerprint density at radius 3 is 2.60 bits per heavy atom. The minimum absolute atomic E-state index is 0.0127. The Bertz CT molecular complexity index is 312. The SMILES string of the molecule is CCCCCCC(C)N1C(=O)C(C)NC1C1CCCC1. The van der Waals surface area contributed by atoms with Crippen LogP contribution in [0, 0.1) is 5.92 Å². The van der Waals surface area contributed by atoms with Gasteiger partial charge in [0.1, 0.15) is 0 Å². The molecular weight excluding hydrogens is 248 g/mol. The summed E-state index contributed by atoms with van der Waals surface area (Å²) in [6, 6.07) is 0.404. The van der Waals surface area contributed by atoms with Crippen molar-refractivity contribution in [3.05, 3.63) is 0 Å². The van der Waals surface area contributed by atoms with Crippen molar-refractivity contribution < 1.29 is 4.79 Å². The molecule has 2 rings (SSSR count). The topological polar surface area (TPSA) is 32.3 Å². The fourth-order valence-electron chi connectivity index (χ4n) is 3.90. The van der Waals surface area contributed by atoms with Crippen LogP contribution in [0.2, 0.25) is 0 Å². The third-order valence-corrected chi connectivity index (χ3v) is 5.14. The first-order chi connectivity index (χ1) is 9.65. The van der Waals surface area contributed by atoms with Gasteiger partial charge in [-0.25, -0.2) is 0 Å². The normalized spacial score (nSPS) is 29.4. The second-order valence-electron chi connectivity index (χ2n) is 6.82. The van der Waals surface area contributed by atoms with E-state index in [0.717, 1.165) is 6.42 Å². The van der Waals surface area contributed by atoms with Crippen molar-refractivity contribution in [3.63, 3.8) is 0 Å². The van der Waals surface area contributed by atoms with Crippen LogP contribution in [0.15, 0.2) is 0 Å². The van der Waals surface area contributed by atoms with E-state index < -0.39 is 0 Å². The lowest BCUT2D eigenvalue weighted by molar-refractivity contribution is -0.132. The van der Waals surface area contributed by atoms with E-state index in [4.69, 9.17) is 0 Å². The van der Waals surface area contributed by atoms with Crippen molar-refractivity contribution in [1.29, 1.82) is 0 Å². The third kappa shape index (κ3) is 3.55. The molecule has 1 N–H and O–H groups in total. The number of carbonyl (C=O) groups excluding carboxylic acids is 1. The summed E-state index contributed by atoms with van der Waals surface area (Å²) in [6.45, 7) is 6.51. The van der Waals surface area contributed by atoms with E-state index >= 15 is 0 Å². The predicted molar refractivity (Wildman–Crippen MR) is 83.4 cm³/mol. The standard InChI is InChI=1S/C17H32N2O/c1-4-5-6-7-10-13(2)19-16(15-11-8-9-12-15)18-14(3)17(19)20/h13-16,18H,4-12H2,1-3H3. The van der Waals surface area contributed by atoms with Crippen LogP contribution < -0.4 is 5.32 Å². The number of amides is 1. The van der Waals surface area contributed by atoms with Gasteiger partial charge in [-0.15, -0.1) is 0 Å². The third-order valence-electron chi connectivity index (χ3n) is 5.14. The van der Waals surface area contributed by atoms with E-state index in [0.29, 0.717) is 24.0 Å². The summed E-state index contributed by atoms with van der Waals surface area (Å²) < 4.78 is 0. The Kier molecular flexibility index (Phi) is 5.88. The summed E-state index contributed by atoms with van der Waals surface area (Å²) in [5, 5.41) is 3.55. The number of rotatable bonds is 7. The Morgan fingerprint density at radius 2 is 1.95 bits per heavy atom. The molecule has 1 saturated carbocycles. The molecule has 0 aromatic heterocycles. The predicted octanol–water partition coefficient (Wildman–Crippen LogP) is 3.68. The zero-order valence-corrected chi connectivity index (χ0v) is 13.5. The number of hydrogen-bond acceptors (Lipinski definition) is 2. The van der Waals surface area contributed by atoms with E-state index in [1.165, 1.54) is 51.4 Å². The molecule has 0 radical (unpaired) electrons. The van der Waals surface area contributed by atoms with Crippen LogP contribution >= 0.6 is 0 Å². The summed E-state index contributed by atoms with van der Waals surface area (Å²) in [6.07, 6.45) is 11.9. The maximum absolute atomic E-state index is 12.5. The van der Waals surface area contributed by atoms with Gasteiger partial charge in [0.15, 0.2) is 0 Å². The van der Waals surface area contributed by atoms with E-state index in [1.54, 1.807) is 0 Å². The van der Waals surface area contributed by atoms with E-state index in [9.17, 15) is 4.79 Å². The van der Waals surface area contributed by atoms with Gasteiger partial charge < -0.3 is 4.90 Å². The first-order valence-corrected chi connectivity index (χ1v) is 8.73. The van der Waals surface area contributed by atoms with E-state index in [2.05, 4.69) is 24.1 Å². The maximum Gasteiger partial charge on any atom is 0.240 e. The van der Waals surface area contributed by atoms with E-state index in [1.807, 2.05) is 6.92 Å². The molecule has 1 saturated heterocycles. The van der Waals surface area contributed by atoms with Crippen molar-refractivity contribution in [1.82, 2.24) is 10.2 Å². The van der Waals surface area contributed by atoms with Gasteiger partial charge in [-0.3, -0.25) is 10.1 Å². The smallest absolute Gasteiger partial charge is 0.240 e. The highest BCUT2D eigenvalue weighted by molar-refractivity contribution is 5.84. The van der Waals surface area contributed by atoms with Crippen molar-refractivity contribution in [3.8, 4) is 0 Å². The Hall–Kier alpha value is -0.570. The zero-order chi connectivity index (χ0) is 14.5. The molecule has 3 unspecified atom stereocenters. The van der Waals surface area contributed by atoms with Gasteiger partial charge >= 0.3 is 0 Å². The molecule has 1 heterocycles. The number of nitrogens with one attached hydrogen (secondary N) is 1. The molecule has 3 heteroatoms. The van der Waals surface area contributed by atoms with Gasteiger partial charge in [0.2, 0.25) is 5.91 Å². The molecule has 2 aliphatic rings. The lowest BCUT2D eigenvalue weighted by Crippen LogP contribution is -2.47. The fourth-order valence-corrected chi connectivity index (χ4v) is 3.90. The molecule has 0 aromatic carbocycles. The molecule has 2 fully saturated rings. The molecule has 20 heavy (non-hydrogen) atoms. The number of hydrogen-bond donors (Lipinski definition) is 1. The number of nitrogens with zero attached hydrogens (tertiary/aromatic N) is 1. The summed E-state index contributed by atoms with van der Waals surface area (Å²) in [5.41, 5.74) is 0. The fraction of sp³-hybridized carbons (Fsp3) is 0.941. The second-order valence-corrected chi connectivity index (χ2v) is 6.82. The van der Waals surface area contributed by atoms with Crippen LogP contribution in [-0.4, -0.2) is 29.1 Å². The van der Waals surface area contributed by atoms with Crippen LogP contribution in [0.5, 0.6) is 0 Å². The summed E-state index contributed by atoms with van der Waals surface area (Å²) in [5.74, 6) is 1.01. The number of carbonyl (C=O) groups is 1. The van der Waals surface area contributed by atoms with Crippen LogP contribution in [0.4, 0.5) is 0 Å². The molecule has 1 aliphatic heterocycles. The highest BCUT2D eigenvalue weighted by Crippen LogP contribution is 2.33. The van der Waals surface area contributed by atoms with Crippen LogP contribution in [0.25, 0.3) is 0 Å². The monoisotopic (exact) mass is 280 g/mol. The molecule has 3 atom stereocenters. The largest absolute Gasteiger partial charge is 0.323 e. The van der Waals surface area contributed by atoms with Crippen molar-refractivity contribution in [2.45, 2.75) is 96.8 Å². The van der Waals surface area contributed by atoms with Gasteiger partial charge in [0, 0.05) is 6.04 Å².